The molecule has 9 heteroatoms. The van der Waals surface area contributed by atoms with Crippen molar-refractivity contribution in [3.8, 4) is 0 Å². The van der Waals surface area contributed by atoms with E-state index in [1.165, 1.54) is 0 Å². The number of imidazole rings is 1. The summed E-state index contributed by atoms with van der Waals surface area (Å²) in [5, 5.41) is 0. The van der Waals surface area contributed by atoms with Gasteiger partial charge in [-0.25, -0.2) is 23.9 Å². The predicted octanol–water partition coefficient (Wildman–Crippen LogP) is 0.696. The number of nitrogens with one attached hydrogen (secondary N) is 1. The first-order chi connectivity index (χ1) is 10.6. The number of hydrogen-bond acceptors (Lipinski definition) is 5. The summed E-state index contributed by atoms with van der Waals surface area (Å²) in [4.78, 5) is 15.2. The van der Waals surface area contributed by atoms with Gasteiger partial charge in [-0.15, -0.1) is 0 Å². The number of anilines is 1. The molecule has 3 heterocycles. The van der Waals surface area contributed by atoms with Crippen LogP contribution in [0.1, 0.15) is 19.3 Å². The van der Waals surface area contributed by atoms with Crippen molar-refractivity contribution in [1.29, 1.82) is 0 Å². The molecule has 22 heavy (non-hydrogen) atoms. The minimum atomic E-state index is -1.91. The lowest BCUT2D eigenvalue weighted by Gasteiger charge is -2.33. The normalized spacial score (nSPS) is 18.0. The third kappa shape index (κ3) is 3.26. The summed E-state index contributed by atoms with van der Waals surface area (Å²) in [5.74, 6) is 1.52. The molecule has 1 aliphatic heterocycles. The molecule has 0 amide bonds. The third-order valence-electron chi connectivity index (χ3n) is 4.18. The highest BCUT2D eigenvalue weighted by Gasteiger charge is 2.22. The molecule has 1 aliphatic rings. The Balaban J connectivity index is 1.63. The van der Waals surface area contributed by atoms with Crippen LogP contribution in [0.5, 0.6) is 0 Å². The molecular weight excluding hydrogens is 304 g/mol. The van der Waals surface area contributed by atoms with E-state index in [1.54, 1.807) is 12.7 Å². The molecule has 0 radical (unpaired) electrons. The Morgan fingerprint density at radius 1 is 1.36 bits per heavy atom. The van der Waals surface area contributed by atoms with E-state index >= 15 is 0 Å². The van der Waals surface area contributed by atoms with Crippen LogP contribution in [0.15, 0.2) is 12.7 Å². The van der Waals surface area contributed by atoms with Crippen LogP contribution in [0.3, 0.4) is 0 Å². The van der Waals surface area contributed by atoms with Gasteiger partial charge < -0.3 is 9.47 Å². The number of piperidine rings is 1. The van der Waals surface area contributed by atoms with Gasteiger partial charge in [0.2, 0.25) is 11.3 Å². The van der Waals surface area contributed by atoms with Gasteiger partial charge >= 0.3 is 0 Å². The maximum Gasteiger partial charge on any atom is 0.231 e. The van der Waals surface area contributed by atoms with E-state index in [-0.39, 0.29) is 0 Å². The van der Waals surface area contributed by atoms with Gasteiger partial charge in [0.1, 0.15) is 11.8 Å². The second kappa shape index (κ2) is 6.67. The highest BCUT2D eigenvalue weighted by Crippen LogP contribution is 2.27. The quantitative estimate of drug-likeness (QED) is 0.786. The van der Waals surface area contributed by atoms with E-state index in [2.05, 4.69) is 24.6 Å². The van der Waals surface area contributed by atoms with Crippen LogP contribution >= 0.6 is 0 Å². The highest BCUT2D eigenvalue weighted by molar-refractivity contribution is 7.77. The smallest absolute Gasteiger partial charge is 0.231 e. The molecule has 0 bridgehead atoms. The van der Waals surface area contributed by atoms with Gasteiger partial charge in [-0.2, -0.15) is 0 Å². The van der Waals surface area contributed by atoms with Crippen molar-refractivity contribution in [2.75, 3.05) is 24.5 Å². The topological polar surface area (TPSA) is 96.2 Å². The molecule has 2 aromatic rings. The Hall–Kier alpha value is -1.58. The van der Waals surface area contributed by atoms with Crippen LogP contribution in [-0.2, 0) is 18.3 Å². The van der Waals surface area contributed by atoms with Crippen LogP contribution in [0.25, 0.3) is 11.2 Å². The summed E-state index contributed by atoms with van der Waals surface area (Å²) in [6.07, 6.45) is 6.37. The van der Waals surface area contributed by atoms with Crippen molar-refractivity contribution >= 4 is 28.2 Å². The van der Waals surface area contributed by atoms with Crippen LogP contribution in [0, 0.1) is 5.92 Å². The number of fused-ring (bicyclic) bond motifs is 1. The van der Waals surface area contributed by atoms with Crippen molar-refractivity contribution in [2.24, 2.45) is 13.0 Å². The summed E-state index contributed by atoms with van der Waals surface area (Å²) < 4.78 is 23.8. The summed E-state index contributed by atoms with van der Waals surface area (Å²) in [7, 11) is 1.95. The molecule has 3 rings (SSSR count). The molecule has 120 valence electrons. The van der Waals surface area contributed by atoms with Crippen molar-refractivity contribution in [3.63, 3.8) is 0 Å². The fraction of sp³-hybridized carbons (Fsp3) is 0.615. The van der Waals surface area contributed by atoms with E-state index < -0.39 is 11.3 Å². The Morgan fingerprint density at radius 3 is 2.86 bits per heavy atom. The molecular formula is C13H20N6O2S. The zero-order valence-electron chi connectivity index (χ0n) is 12.5. The minimum absolute atomic E-state index is 0.577. The molecule has 1 atom stereocenters. The average Bonchev–Trinajstić information content (AvgIpc) is 2.89. The molecule has 0 spiro atoms. The highest BCUT2D eigenvalue weighted by atomic mass is 32.2. The minimum Gasteiger partial charge on any atom is -0.355 e. The lowest BCUT2D eigenvalue weighted by atomic mass is 9.93. The molecule has 1 saturated heterocycles. The number of aryl methyl sites for hydroxylation is 1. The molecule has 2 aromatic heterocycles. The van der Waals surface area contributed by atoms with Gasteiger partial charge in [-0.3, -0.25) is 4.55 Å². The van der Waals surface area contributed by atoms with E-state index in [0.29, 0.717) is 12.5 Å². The summed E-state index contributed by atoms with van der Waals surface area (Å²) >= 11 is -1.91. The Morgan fingerprint density at radius 2 is 2.14 bits per heavy atom. The van der Waals surface area contributed by atoms with Crippen LogP contribution in [0.2, 0.25) is 0 Å². The van der Waals surface area contributed by atoms with E-state index in [9.17, 15) is 4.21 Å². The van der Waals surface area contributed by atoms with E-state index in [0.717, 1.165) is 49.3 Å². The SMILES string of the molecule is Cn1cnc2ncnc(N3CCC(CCNS(=O)O)CC3)c21. The number of nitrogens with zero attached hydrogens (tertiary/aromatic N) is 5. The zero-order valence-corrected chi connectivity index (χ0v) is 13.3. The fourth-order valence-electron chi connectivity index (χ4n) is 2.98. The number of hydrogen-bond donors (Lipinski definition) is 2. The molecule has 2 N–H and O–H groups in total. The average molecular weight is 324 g/mol. The van der Waals surface area contributed by atoms with Gasteiger partial charge in [0, 0.05) is 26.7 Å². The first-order valence-corrected chi connectivity index (χ1v) is 8.47. The van der Waals surface area contributed by atoms with Crippen molar-refractivity contribution in [2.45, 2.75) is 19.3 Å². The van der Waals surface area contributed by atoms with Crippen LogP contribution in [-0.4, -0.2) is 47.9 Å². The molecule has 1 fully saturated rings. The van der Waals surface area contributed by atoms with Gasteiger partial charge in [0.05, 0.1) is 6.33 Å². The first-order valence-electron chi connectivity index (χ1n) is 7.36. The lowest BCUT2D eigenvalue weighted by molar-refractivity contribution is 0.380. The third-order valence-corrected chi connectivity index (χ3v) is 4.63. The molecule has 0 saturated carbocycles. The second-order valence-electron chi connectivity index (χ2n) is 5.59. The standard InChI is InChI=1S/C13H20N6O2S/c1-18-9-16-12-11(18)13(15-8-14-12)19-6-3-10(4-7-19)2-5-17-22(20)21/h8-10,17H,2-7H2,1H3,(H,20,21). The number of aromatic nitrogens is 4. The summed E-state index contributed by atoms with van der Waals surface area (Å²) in [6.45, 7) is 2.45. The van der Waals surface area contributed by atoms with E-state index in [4.69, 9.17) is 4.55 Å². The molecule has 1 unspecified atom stereocenters. The second-order valence-corrected chi connectivity index (χ2v) is 6.37. The maximum atomic E-state index is 10.6. The fourth-order valence-corrected chi connectivity index (χ4v) is 3.28. The van der Waals surface area contributed by atoms with Crippen LogP contribution < -0.4 is 9.62 Å². The van der Waals surface area contributed by atoms with Gasteiger partial charge in [-0.1, -0.05) is 0 Å². The van der Waals surface area contributed by atoms with Crippen molar-refractivity contribution in [1.82, 2.24) is 24.2 Å². The predicted molar refractivity (Wildman–Crippen MR) is 84.6 cm³/mol. The first kappa shape index (κ1) is 15.3. The van der Waals surface area contributed by atoms with Gasteiger partial charge in [0.25, 0.3) is 0 Å². The van der Waals surface area contributed by atoms with Crippen molar-refractivity contribution in [3.05, 3.63) is 12.7 Å². The summed E-state index contributed by atoms with van der Waals surface area (Å²) in [5.41, 5.74) is 1.70. The molecule has 8 nitrogen and oxygen atoms in total. The number of rotatable bonds is 5. The lowest BCUT2D eigenvalue weighted by Crippen LogP contribution is -2.35. The Labute approximate surface area is 131 Å². The van der Waals surface area contributed by atoms with Crippen molar-refractivity contribution < 1.29 is 8.76 Å². The van der Waals surface area contributed by atoms with Gasteiger partial charge in [0.15, 0.2) is 11.5 Å². The largest absolute Gasteiger partial charge is 0.355 e. The Kier molecular flexibility index (Phi) is 4.65. The maximum absolute atomic E-state index is 10.6. The van der Waals surface area contributed by atoms with Gasteiger partial charge in [-0.05, 0) is 25.2 Å². The zero-order chi connectivity index (χ0) is 15.5. The summed E-state index contributed by atoms with van der Waals surface area (Å²) in [6, 6.07) is 0. The Bertz CT molecular complexity index is 668. The van der Waals surface area contributed by atoms with E-state index in [1.807, 2.05) is 11.6 Å². The monoisotopic (exact) mass is 324 g/mol. The molecule has 0 aromatic carbocycles. The molecule has 0 aliphatic carbocycles. The van der Waals surface area contributed by atoms with Crippen LogP contribution in [0.4, 0.5) is 5.82 Å².